The topological polar surface area (TPSA) is 73.7 Å². The Kier molecular flexibility index (Phi) is 5.92. The molecule has 2 saturated heterocycles. The number of nitrogens with one attached hydrogen (secondary N) is 1. The van der Waals surface area contributed by atoms with Gasteiger partial charge in [-0.15, -0.1) is 0 Å². The van der Waals surface area contributed by atoms with Crippen molar-refractivity contribution in [3.63, 3.8) is 0 Å². The van der Waals surface area contributed by atoms with Crippen molar-refractivity contribution < 1.29 is 14.0 Å². The highest BCUT2D eigenvalue weighted by atomic mass is 35.5. The molecule has 1 aromatic heterocycles. The third-order valence-electron chi connectivity index (χ3n) is 7.85. The van der Waals surface area contributed by atoms with Crippen molar-refractivity contribution >= 4 is 29.1 Å². The lowest BCUT2D eigenvalue weighted by Crippen LogP contribution is -2.57. The minimum absolute atomic E-state index is 0.00458. The molecule has 4 heterocycles. The van der Waals surface area contributed by atoms with Crippen molar-refractivity contribution in [1.82, 2.24) is 24.7 Å². The van der Waals surface area contributed by atoms with Crippen LogP contribution in [-0.2, 0) is 17.9 Å². The number of benzene rings is 2. The normalized spacial score (nSPS) is 19.3. The molecule has 3 aliphatic heterocycles. The van der Waals surface area contributed by atoms with Gasteiger partial charge < -0.3 is 19.7 Å². The second-order valence-electron chi connectivity index (χ2n) is 10.00. The van der Waals surface area contributed by atoms with Crippen LogP contribution in [0.5, 0.6) is 0 Å². The zero-order chi connectivity index (χ0) is 25.7. The van der Waals surface area contributed by atoms with Crippen molar-refractivity contribution in [2.24, 2.45) is 0 Å². The van der Waals surface area contributed by atoms with E-state index in [1.807, 2.05) is 41.9 Å². The monoisotopic (exact) mass is 522 g/mol. The van der Waals surface area contributed by atoms with Gasteiger partial charge in [-0.25, -0.2) is 9.37 Å². The Morgan fingerprint density at radius 3 is 2.57 bits per heavy atom. The number of piperidine rings is 1. The molecule has 1 spiro atoms. The van der Waals surface area contributed by atoms with E-state index in [4.69, 9.17) is 16.6 Å². The number of fused-ring (bicyclic) bond motifs is 1. The number of anilines is 1. The van der Waals surface area contributed by atoms with Gasteiger partial charge in [-0.3, -0.25) is 14.5 Å². The molecule has 0 atom stereocenters. The van der Waals surface area contributed by atoms with Crippen LogP contribution < -0.4 is 10.2 Å². The van der Waals surface area contributed by atoms with Gasteiger partial charge in [-0.05, 0) is 50.2 Å². The third-order valence-corrected chi connectivity index (χ3v) is 8.09. The molecule has 0 radical (unpaired) electrons. The molecule has 0 saturated carbocycles. The summed E-state index contributed by atoms with van der Waals surface area (Å²) in [4.78, 5) is 37.5. The predicted octanol–water partition coefficient (Wildman–Crippen LogP) is 3.36. The Labute approximate surface area is 219 Å². The van der Waals surface area contributed by atoms with Crippen molar-refractivity contribution in [1.29, 1.82) is 0 Å². The van der Waals surface area contributed by atoms with E-state index in [1.54, 1.807) is 17.0 Å². The highest BCUT2D eigenvalue weighted by molar-refractivity contribution is 6.30. The molecule has 37 heavy (non-hydrogen) atoms. The van der Waals surface area contributed by atoms with E-state index in [2.05, 4.69) is 15.1 Å². The van der Waals surface area contributed by atoms with Crippen molar-refractivity contribution in [3.05, 3.63) is 70.8 Å². The lowest BCUT2D eigenvalue weighted by atomic mass is 9.85. The van der Waals surface area contributed by atoms with E-state index >= 15 is 0 Å². The molecule has 10 heteroatoms. The number of amides is 2. The van der Waals surface area contributed by atoms with E-state index in [-0.39, 0.29) is 11.8 Å². The van der Waals surface area contributed by atoms with Crippen LogP contribution >= 0.6 is 11.6 Å². The molecule has 3 aliphatic rings. The quantitative estimate of drug-likeness (QED) is 0.571. The summed E-state index contributed by atoms with van der Waals surface area (Å²) >= 11 is 5.97. The van der Waals surface area contributed by atoms with Gasteiger partial charge in [0.15, 0.2) is 5.69 Å². The van der Waals surface area contributed by atoms with Crippen LogP contribution in [0.15, 0.2) is 48.5 Å². The van der Waals surface area contributed by atoms with E-state index in [9.17, 15) is 14.0 Å². The van der Waals surface area contributed by atoms with Gasteiger partial charge in [-0.1, -0.05) is 29.8 Å². The first-order valence-electron chi connectivity index (χ1n) is 12.5. The molecule has 2 fully saturated rings. The Bertz CT molecular complexity index is 1370. The van der Waals surface area contributed by atoms with Gasteiger partial charge in [0, 0.05) is 43.4 Å². The second kappa shape index (κ2) is 9.15. The van der Waals surface area contributed by atoms with Gasteiger partial charge in [0.05, 0.1) is 17.9 Å². The fourth-order valence-electron chi connectivity index (χ4n) is 5.80. The van der Waals surface area contributed by atoms with E-state index in [1.165, 1.54) is 6.07 Å². The number of hydrogen-bond acceptors (Lipinski definition) is 5. The molecule has 0 bridgehead atoms. The fourth-order valence-corrected chi connectivity index (χ4v) is 5.96. The number of halogens is 2. The van der Waals surface area contributed by atoms with E-state index in [0.29, 0.717) is 67.8 Å². The zero-order valence-corrected chi connectivity index (χ0v) is 21.3. The fraction of sp³-hybridized carbons (Fsp3) is 0.370. The largest absolute Gasteiger partial charge is 0.339 e. The van der Waals surface area contributed by atoms with Gasteiger partial charge in [0.2, 0.25) is 5.91 Å². The smallest absolute Gasteiger partial charge is 0.274 e. The number of likely N-dealkylation sites (tertiary alicyclic amines) is 1. The maximum atomic E-state index is 14.8. The summed E-state index contributed by atoms with van der Waals surface area (Å²) in [6, 6.07) is 14.4. The minimum atomic E-state index is -0.677. The first-order chi connectivity index (χ1) is 17.9. The first-order valence-corrected chi connectivity index (χ1v) is 12.9. The number of carbonyl (C=O) groups excluding carboxylic acids is 2. The maximum Gasteiger partial charge on any atom is 0.274 e. The Morgan fingerprint density at radius 1 is 1.08 bits per heavy atom. The third kappa shape index (κ3) is 3.97. The summed E-state index contributed by atoms with van der Waals surface area (Å²) in [5.74, 6) is -0.199. The molecular weight excluding hydrogens is 495 g/mol. The number of carbonyl (C=O) groups is 2. The van der Waals surface area contributed by atoms with Crippen molar-refractivity contribution in [2.45, 2.75) is 31.5 Å². The van der Waals surface area contributed by atoms with Crippen LogP contribution in [0.4, 0.5) is 10.1 Å². The van der Waals surface area contributed by atoms with Crippen LogP contribution in [0.25, 0.3) is 11.4 Å². The van der Waals surface area contributed by atoms with Crippen molar-refractivity contribution in [3.8, 4) is 11.4 Å². The standard InChI is InChI=1S/C27H28ClFN6O2/c1-32-13-14-34-22(16-32)23(31-24(34)20-8-7-18(28)15-21(20)29)25(36)33-11-9-27(10-12-33)26(37)30-17-35(27)19-5-3-2-4-6-19/h2-8,15H,9-14,16-17H2,1H3,(H,30,37). The van der Waals surface area contributed by atoms with E-state index in [0.717, 1.165) is 17.9 Å². The number of hydrogen-bond donors (Lipinski definition) is 1. The molecule has 2 amide bonds. The number of rotatable bonds is 3. The summed E-state index contributed by atoms with van der Waals surface area (Å²) in [6.45, 7) is 3.25. The molecule has 2 aromatic carbocycles. The van der Waals surface area contributed by atoms with Crippen LogP contribution in [0.2, 0.25) is 5.02 Å². The van der Waals surface area contributed by atoms with Crippen molar-refractivity contribution in [2.75, 3.05) is 38.3 Å². The number of aromatic nitrogens is 2. The Hall–Kier alpha value is -3.43. The highest BCUT2D eigenvalue weighted by Crippen LogP contribution is 2.37. The van der Waals surface area contributed by atoms with Gasteiger partial charge in [-0.2, -0.15) is 0 Å². The molecular formula is C27H28ClFN6O2. The van der Waals surface area contributed by atoms with Gasteiger partial charge >= 0.3 is 0 Å². The summed E-state index contributed by atoms with van der Waals surface area (Å²) in [5.41, 5.74) is 1.77. The zero-order valence-electron chi connectivity index (χ0n) is 20.6. The summed E-state index contributed by atoms with van der Waals surface area (Å²) in [6.07, 6.45) is 1.04. The molecule has 0 unspecified atom stereocenters. The van der Waals surface area contributed by atoms with Gasteiger partial charge in [0.1, 0.15) is 17.2 Å². The van der Waals surface area contributed by atoms with E-state index < -0.39 is 11.4 Å². The van der Waals surface area contributed by atoms with Crippen LogP contribution in [0.3, 0.4) is 0 Å². The number of para-hydroxylation sites is 1. The average molecular weight is 523 g/mol. The average Bonchev–Trinajstić information content (AvgIpc) is 3.42. The van der Waals surface area contributed by atoms with Crippen LogP contribution in [0, 0.1) is 5.82 Å². The van der Waals surface area contributed by atoms with Gasteiger partial charge in [0.25, 0.3) is 5.91 Å². The molecule has 0 aliphatic carbocycles. The summed E-state index contributed by atoms with van der Waals surface area (Å²) in [5, 5.41) is 3.31. The maximum absolute atomic E-state index is 14.8. The summed E-state index contributed by atoms with van der Waals surface area (Å²) in [7, 11) is 1.99. The Balaban J connectivity index is 1.29. The molecule has 6 rings (SSSR count). The summed E-state index contributed by atoms with van der Waals surface area (Å²) < 4.78 is 16.8. The molecule has 3 aromatic rings. The molecule has 192 valence electrons. The predicted molar refractivity (Wildman–Crippen MR) is 139 cm³/mol. The Morgan fingerprint density at radius 2 is 1.84 bits per heavy atom. The number of nitrogens with zero attached hydrogens (tertiary/aromatic N) is 5. The number of imidazole rings is 1. The highest BCUT2D eigenvalue weighted by Gasteiger charge is 2.51. The second-order valence-corrected chi connectivity index (χ2v) is 10.4. The van der Waals surface area contributed by atoms with Crippen LogP contribution in [-0.4, -0.2) is 70.1 Å². The minimum Gasteiger partial charge on any atom is -0.339 e. The number of likely N-dealkylation sites (N-methyl/N-ethyl adjacent to an activating group) is 1. The SMILES string of the molecule is CN1CCn2c(-c3ccc(Cl)cc3F)nc(C(=O)N3CCC4(CC3)C(=O)NCN4c3ccccc3)c2C1. The lowest BCUT2D eigenvalue weighted by Gasteiger charge is -2.43. The molecule has 1 N–H and O–H groups in total. The molecule has 8 nitrogen and oxygen atoms in total. The lowest BCUT2D eigenvalue weighted by molar-refractivity contribution is -0.124. The van der Waals surface area contributed by atoms with Crippen LogP contribution in [0.1, 0.15) is 29.0 Å². The first kappa shape index (κ1) is 23.9.